The van der Waals surface area contributed by atoms with Gasteiger partial charge in [0.25, 0.3) is 0 Å². The van der Waals surface area contributed by atoms with Crippen molar-refractivity contribution in [3.8, 4) is 0 Å². The molecule has 2 N–H and O–H groups in total. The molecule has 6 heteroatoms. The van der Waals surface area contributed by atoms with E-state index in [0.717, 1.165) is 18.4 Å². The lowest BCUT2D eigenvalue weighted by Crippen LogP contribution is -2.32. The molecule has 27 heavy (non-hydrogen) atoms. The highest BCUT2D eigenvalue weighted by Crippen LogP contribution is 2.21. The number of hydrogen-bond donors (Lipinski definition) is 2. The second-order valence-corrected chi connectivity index (χ2v) is 8.52. The fraction of sp³-hybridized carbons (Fsp3) is 0.381. The van der Waals surface area contributed by atoms with E-state index >= 15 is 0 Å². The normalized spacial score (nSPS) is 11.4. The summed E-state index contributed by atoms with van der Waals surface area (Å²) in [6, 6.07) is 13.8. The Morgan fingerprint density at radius 3 is 2.22 bits per heavy atom. The zero-order valence-electron chi connectivity index (χ0n) is 16.2. The molecular weight excluding hydrogens is 360 g/mol. The van der Waals surface area contributed by atoms with Gasteiger partial charge in [-0.1, -0.05) is 48.0 Å². The lowest BCUT2D eigenvalue weighted by atomic mass is 10.1. The summed E-state index contributed by atoms with van der Waals surface area (Å²) in [5.74, 6) is -0.150. The smallest absolute Gasteiger partial charge is 0.241 e. The van der Waals surface area contributed by atoms with Crippen LogP contribution >= 0.6 is 0 Å². The number of hydrogen-bond acceptors (Lipinski definition) is 3. The number of benzene rings is 2. The number of nitrogens with one attached hydrogen (secondary N) is 2. The molecule has 0 unspecified atom stereocenters. The molecule has 0 saturated heterocycles. The standard InChI is InChI=1S/C21H28N2O3S/c1-16-14-17(2)21(18(3)15-16)27(25,26)23-13-11-20(24)22-12-7-10-19-8-5-4-6-9-19/h4-6,8-9,14-15,23H,7,10-13H2,1-3H3,(H,22,24). The maximum atomic E-state index is 12.5. The van der Waals surface area contributed by atoms with E-state index in [1.807, 2.05) is 37.3 Å². The van der Waals surface area contributed by atoms with E-state index in [2.05, 4.69) is 22.2 Å². The molecule has 0 spiro atoms. The summed E-state index contributed by atoms with van der Waals surface area (Å²) < 4.78 is 27.6. The van der Waals surface area contributed by atoms with Crippen LogP contribution in [0, 0.1) is 20.8 Å². The van der Waals surface area contributed by atoms with Crippen LogP contribution in [0.1, 0.15) is 35.1 Å². The molecule has 0 aliphatic heterocycles. The molecule has 146 valence electrons. The summed E-state index contributed by atoms with van der Waals surface area (Å²) in [5, 5.41) is 2.84. The zero-order chi connectivity index (χ0) is 19.9. The van der Waals surface area contributed by atoms with E-state index in [0.29, 0.717) is 22.6 Å². The van der Waals surface area contributed by atoms with Gasteiger partial charge in [-0.05, 0) is 50.3 Å². The van der Waals surface area contributed by atoms with E-state index < -0.39 is 10.0 Å². The fourth-order valence-electron chi connectivity index (χ4n) is 3.22. The monoisotopic (exact) mass is 388 g/mol. The third-order valence-corrected chi connectivity index (χ3v) is 6.09. The molecule has 0 heterocycles. The molecule has 5 nitrogen and oxygen atoms in total. The van der Waals surface area contributed by atoms with Crippen LogP contribution in [0.5, 0.6) is 0 Å². The number of carbonyl (C=O) groups excluding carboxylic acids is 1. The summed E-state index contributed by atoms with van der Waals surface area (Å²) in [4.78, 5) is 12.2. The highest BCUT2D eigenvalue weighted by atomic mass is 32.2. The van der Waals surface area contributed by atoms with E-state index in [1.165, 1.54) is 5.56 Å². The Bertz CT molecular complexity index is 855. The largest absolute Gasteiger partial charge is 0.356 e. The first kappa shape index (κ1) is 21.1. The molecular formula is C21H28N2O3S. The van der Waals surface area contributed by atoms with Gasteiger partial charge in [-0.2, -0.15) is 0 Å². The Hall–Kier alpha value is -2.18. The molecule has 2 rings (SSSR count). The highest BCUT2D eigenvalue weighted by Gasteiger charge is 2.19. The van der Waals surface area contributed by atoms with Crippen molar-refractivity contribution in [3.63, 3.8) is 0 Å². The van der Waals surface area contributed by atoms with E-state index in [-0.39, 0.29) is 18.9 Å². The third-order valence-electron chi connectivity index (χ3n) is 4.32. The number of amides is 1. The average Bonchev–Trinajstić information content (AvgIpc) is 2.58. The molecule has 0 aliphatic carbocycles. The van der Waals surface area contributed by atoms with Crippen LogP contribution in [0.15, 0.2) is 47.4 Å². The summed E-state index contributed by atoms with van der Waals surface area (Å²) >= 11 is 0. The van der Waals surface area contributed by atoms with Gasteiger partial charge in [0.1, 0.15) is 0 Å². The van der Waals surface area contributed by atoms with Gasteiger partial charge in [-0.25, -0.2) is 13.1 Å². The van der Waals surface area contributed by atoms with Gasteiger partial charge < -0.3 is 5.32 Å². The van der Waals surface area contributed by atoms with Crippen molar-refractivity contribution in [1.82, 2.24) is 10.0 Å². The quantitative estimate of drug-likeness (QED) is 0.649. The first-order valence-electron chi connectivity index (χ1n) is 9.18. The van der Waals surface area contributed by atoms with Crippen molar-refractivity contribution in [2.75, 3.05) is 13.1 Å². The molecule has 0 aliphatic rings. The zero-order valence-corrected chi connectivity index (χ0v) is 17.0. The third kappa shape index (κ3) is 6.48. The van der Waals surface area contributed by atoms with Gasteiger partial charge in [-0.3, -0.25) is 4.79 Å². The van der Waals surface area contributed by atoms with Crippen molar-refractivity contribution in [2.24, 2.45) is 0 Å². The summed E-state index contributed by atoms with van der Waals surface area (Å²) in [5.41, 5.74) is 3.69. The second kappa shape index (κ2) is 9.67. The van der Waals surface area contributed by atoms with Crippen LogP contribution in [-0.2, 0) is 21.2 Å². The van der Waals surface area contributed by atoms with Gasteiger partial charge in [0, 0.05) is 19.5 Å². The topological polar surface area (TPSA) is 75.3 Å². The molecule has 0 aromatic heterocycles. The minimum absolute atomic E-state index is 0.0829. The minimum atomic E-state index is -3.63. The maximum Gasteiger partial charge on any atom is 0.241 e. The van der Waals surface area contributed by atoms with E-state index in [9.17, 15) is 13.2 Å². The predicted molar refractivity (Wildman–Crippen MR) is 108 cm³/mol. The molecule has 0 atom stereocenters. The summed E-state index contributed by atoms with van der Waals surface area (Å²) in [6.45, 7) is 6.17. The van der Waals surface area contributed by atoms with Crippen molar-refractivity contribution >= 4 is 15.9 Å². The molecule has 0 radical (unpaired) electrons. The maximum absolute atomic E-state index is 12.5. The van der Waals surface area contributed by atoms with Crippen LogP contribution in [0.4, 0.5) is 0 Å². The molecule has 0 fully saturated rings. The Morgan fingerprint density at radius 1 is 0.963 bits per heavy atom. The van der Waals surface area contributed by atoms with Crippen LogP contribution in [0.2, 0.25) is 0 Å². The van der Waals surface area contributed by atoms with Gasteiger partial charge in [0.05, 0.1) is 4.90 Å². The lowest BCUT2D eigenvalue weighted by Gasteiger charge is -2.13. The first-order valence-corrected chi connectivity index (χ1v) is 10.7. The second-order valence-electron chi connectivity index (χ2n) is 6.81. The van der Waals surface area contributed by atoms with Gasteiger partial charge >= 0.3 is 0 Å². The summed E-state index contributed by atoms with van der Waals surface area (Å²) in [6.07, 6.45) is 1.87. The average molecular weight is 389 g/mol. The number of aryl methyl sites for hydroxylation is 4. The molecule has 2 aromatic rings. The van der Waals surface area contributed by atoms with Crippen molar-refractivity contribution < 1.29 is 13.2 Å². The summed E-state index contributed by atoms with van der Waals surface area (Å²) in [7, 11) is -3.63. The lowest BCUT2D eigenvalue weighted by molar-refractivity contribution is -0.120. The first-order chi connectivity index (χ1) is 12.8. The van der Waals surface area contributed by atoms with Gasteiger partial charge in [0.15, 0.2) is 0 Å². The Labute approximate surface area is 162 Å². The minimum Gasteiger partial charge on any atom is -0.356 e. The number of sulfonamides is 1. The van der Waals surface area contributed by atoms with Gasteiger partial charge in [-0.15, -0.1) is 0 Å². The van der Waals surface area contributed by atoms with E-state index in [1.54, 1.807) is 13.8 Å². The van der Waals surface area contributed by atoms with Gasteiger partial charge in [0.2, 0.25) is 15.9 Å². The fourth-order valence-corrected chi connectivity index (χ4v) is 4.70. The van der Waals surface area contributed by atoms with Crippen molar-refractivity contribution in [3.05, 3.63) is 64.7 Å². The van der Waals surface area contributed by atoms with Crippen molar-refractivity contribution in [2.45, 2.75) is 44.9 Å². The number of rotatable bonds is 9. The molecule has 0 bridgehead atoms. The van der Waals surface area contributed by atoms with E-state index in [4.69, 9.17) is 0 Å². The van der Waals surface area contributed by atoms with Crippen molar-refractivity contribution in [1.29, 1.82) is 0 Å². The molecule has 2 aromatic carbocycles. The number of carbonyl (C=O) groups is 1. The van der Waals surface area contributed by atoms with Crippen LogP contribution in [0.25, 0.3) is 0 Å². The highest BCUT2D eigenvalue weighted by molar-refractivity contribution is 7.89. The predicted octanol–water partition coefficient (Wildman–Crippen LogP) is 3.03. The van der Waals surface area contributed by atoms with Crippen LogP contribution in [0.3, 0.4) is 0 Å². The van der Waals surface area contributed by atoms with Crippen LogP contribution < -0.4 is 10.0 Å². The molecule has 0 saturated carbocycles. The Balaban J connectivity index is 1.76. The molecule has 1 amide bonds. The van der Waals surface area contributed by atoms with Crippen LogP contribution in [-0.4, -0.2) is 27.4 Å². The SMILES string of the molecule is Cc1cc(C)c(S(=O)(=O)NCCC(=O)NCCCc2ccccc2)c(C)c1. The Morgan fingerprint density at radius 2 is 1.59 bits per heavy atom. The Kier molecular flexibility index (Phi) is 7.56.